The third-order valence-electron chi connectivity index (χ3n) is 9.85. The van der Waals surface area contributed by atoms with Gasteiger partial charge in [0.1, 0.15) is 17.7 Å². The first kappa shape index (κ1) is 16.1. The number of piperidine rings is 1. The topological polar surface area (TPSA) is 49.4 Å². The molecular weight excluding hydrogens is 326 g/mol. The molecule has 4 nitrogen and oxygen atoms in total. The third-order valence-corrected chi connectivity index (χ3v) is 9.85. The summed E-state index contributed by atoms with van der Waals surface area (Å²) in [7, 11) is 0. The minimum atomic E-state index is -0.433. The first-order valence-corrected chi connectivity index (χ1v) is 10.9. The Kier molecular flexibility index (Phi) is 2.94. The Morgan fingerprint density at radius 1 is 1.23 bits per heavy atom. The molecule has 142 valence electrons. The number of carbonyl (C=O) groups is 1. The van der Waals surface area contributed by atoms with E-state index >= 15 is 0 Å². The molecule has 1 spiro atoms. The van der Waals surface area contributed by atoms with E-state index < -0.39 is 5.60 Å². The van der Waals surface area contributed by atoms with E-state index in [0.29, 0.717) is 24.2 Å². The lowest BCUT2D eigenvalue weighted by atomic mass is 9.51. The number of hydrogen-bond acceptors (Lipinski definition) is 3. The Hall–Kier alpha value is -0.870. The van der Waals surface area contributed by atoms with E-state index in [1.807, 2.05) is 0 Å². The molecule has 9 unspecified atom stereocenters. The summed E-state index contributed by atoms with van der Waals surface area (Å²) in [6.07, 6.45) is 10.6. The minimum Gasteiger partial charge on any atom is -0.632 e. The first-order valence-electron chi connectivity index (χ1n) is 10.9. The molecule has 0 aromatic carbocycles. The maximum atomic E-state index is 14.7. The molecule has 5 fully saturated rings. The molecule has 9 atom stereocenters. The molecule has 3 heterocycles. The number of ether oxygens (including phenoxy) is 1. The highest BCUT2D eigenvalue weighted by molar-refractivity contribution is 5.71. The fraction of sp³-hybridized carbons (Fsp3) is 0.864. The van der Waals surface area contributed by atoms with Gasteiger partial charge in [-0.1, -0.05) is 13.0 Å². The van der Waals surface area contributed by atoms with Gasteiger partial charge in [-0.15, -0.1) is 0 Å². The van der Waals surface area contributed by atoms with Gasteiger partial charge in [0.2, 0.25) is 0 Å². The summed E-state index contributed by atoms with van der Waals surface area (Å²) in [6, 6.07) is 0.202. The van der Waals surface area contributed by atoms with Crippen molar-refractivity contribution >= 4 is 5.97 Å². The van der Waals surface area contributed by atoms with E-state index in [-0.39, 0.29) is 34.0 Å². The molecule has 3 aliphatic heterocycles. The fourth-order valence-electron chi connectivity index (χ4n) is 9.05. The van der Waals surface area contributed by atoms with Gasteiger partial charge in [0.05, 0.1) is 17.9 Å². The van der Waals surface area contributed by atoms with Crippen LogP contribution in [0.3, 0.4) is 0 Å². The van der Waals surface area contributed by atoms with Crippen molar-refractivity contribution in [1.29, 1.82) is 0 Å². The van der Waals surface area contributed by atoms with E-state index in [9.17, 15) is 10.0 Å². The summed E-state index contributed by atoms with van der Waals surface area (Å²) in [4.78, 5) is 12.4. The second kappa shape index (κ2) is 4.75. The SMILES string of the molecule is CC1C[N+]2([O-])C3C4=CCCC4CCC3C3(C)OC(=O)CCC34CCC1C42. The molecule has 0 bridgehead atoms. The molecule has 0 N–H and O–H groups in total. The Balaban J connectivity index is 1.58. The summed E-state index contributed by atoms with van der Waals surface area (Å²) >= 11 is 0. The lowest BCUT2D eigenvalue weighted by Gasteiger charge is -2.70. The van der Waals surface area contributed by atoms with Crippen molar-refractivity contribution in [3.63, 3.8) is 0 Å². The normalized spacial score (nSPS) is 59.8. The average Bonchev–Trinajstić information content (AvgIpc) is 3.27. The van der Waals surface area contributed by atoms with Crippen LogP contribution in [0.1, 0.15) is 65.2 Å². The summed E-state index contributed by atoms with van der Waals surface area (Å²) in [5, 5.41) is 14.7. The molecule has 6 aliphatic rings. The van der Waals surface area contributed by atoms with Crippen LogP contribution < -0.4 is 0 Å². The number of allylic oxidation sites excluding steroid dienone is 1. The second-order valence-corrected chi connectivity index (χ2v) is 10.5. The molecule has 3 aliphatic carbocycles. The third kappa shape index (κ3) is 1.56. The van der Waals surface area contributed by atoms with Crippen LogP contribution in [0.25, 0.3) is 0 Å². The van der Waals surface area contributed by atoms with Gasteiger partial charge in [0.15, 0.2) is 0 Å². The Morgan fingerprint density at radius 3 is 2.92 bits per heavy atom. The zero-order valence-corrected chi connectivity index (χ0v) is 16.1. The molecule has 2 saturated carbocycles. The molecule has 4 heteroatoms. The number of hydroxylamine groups is 3. The van der Waals surface area contributed by atoms with Crippen LogP contribution in [0.4, 0.5) is 0 Å². The molecular formula is C22H31NO3. The van der Waals surface area contributed by atoms with Crippen LogP contribution in [0.15, 0.2) is 11.6 Å². The average molecular weight is 357 g/mol. The Morgan fingerprint density at radius 2 is 2.08 bits per heavy atom. The highest BCUT2D eigenvalue weighted by Gasteiger charge is 2.78. The highest BCUT2D eigenvalue weighted by Crippen LogP contribution is 2.71. The van der Waals surface area contributed by atoms with Crippen LogP contribution in [0.5, 0.6) is 0 Å². The van der Waals surface area contributed by atoms with Crippen LogP contribution in [-0.4, -0.2) is 34.8 Å². The monoisotopic (exact) mass is 357 g/mol. The van der Waals surface area contributed by atoms with Gasteiger partial charge in [-0.3, -0.25) is 4.79 Å². The molecule has 0 aromatic heterocycles. The van der Waals surface area contributed by atoms with Gasteiger partial charge in [0.25, 0.3) is 0 Å². The van der Waals surface area contributed by atoms with Crippen molar-refractivity contribution < 1.29 is 14.2 Å². The number of esters is 1. The van der Waals surface area contributed by atoms with Gasteiger partial charge >= 0.3 is 5.97 Å². The number of hydrogen-bond donors (Lipinski definition) is 0. The molecule has 0 amide bonds. The van der Waals surface area contributed by atoms with E-state index in [4.69, 9.17) is 4.74 Å². The minimum absolute atomic E-state index is 0.0198. The first-order chi connectivity index (χ1) is 12.4. The van der Waals surface area contributed by atoms with E-state index in [1.165, 1.54) is 18.4 Å². The molecule has 0 radical (unpaired) electrons. The smallest absolute Gasteiger partial charge is 0.306 e. The van der Waals surface area contributed by atoms with E-state index in [0.717, 1.165) is 38.6 Å². The predicted molar refractivity (Wildman–Crippen MR) is 97.7 cm³/mol. The largest absolute Gasteiger partial charge is 0.632 e. The van der Waals surface area contributed by atoms with Crippen LogP contribution >= 0.6 is 0 Å². The summed E-state index contributed by atoms with van der Waals surface area (Å²) < 4.78 is 6.31. The number of nitrogens with zero attached hydrogens (tertiary/aromatic N) is 1. The van der Waals surface area contributed by atoms with Gasteiger partial charge in [0, 0.05) is 18.3 Å². The fourth-order valence-corrected chi connectivity index (χ4v) is 9.05. The number of rotatable bonds is 0. The zero-order chi connectivity index (χ0) is 17.9. The van der Waals surface area contributed by atoms with Gasteiger partial charge in [-0.2, -0.15) is 0 Å². The summed E-state index contributed by atoms with van der Waals surface area (Å²) in [6.45, 7) is 5.32. The van der Waals surface area contributed by atoms with Crippen molar-refractivity contribution in [3.05, 3.63) is 16.9 Å². The van der Waals surface area contributed by atoms with E-state index in [2.05, 4.69) is 19.9 Å². The van der Waals surface area contributed by atoms with Crippen molar-refractivity contribution in [2.45, 2.75) is 82.9 Å². The lowest BCUT2D eigenvalue weighted by Crippen LogP contribution is -2.78. The zero-order valence-electron chi connectivity index (χ0n) is 16.1. The molecule has 3 saturated heterocycles. The number of quaternary nitrogens is 1. The van der Waals surface area contributed by atoms with Crippen molar-refractivity contribution in [2.75, 3.05) is 6.54 Å². The summed E-state index contributed by atoms with van der Waals surface area (Å²) in [5.41, 5.74) is 0.940. The Bertz CT molecular complexity index is 718. The van der Waals surface area contributed by atoms with Crippen molar-refractivity contribution in [2.24, 2.45) is 29.1 Å². The molecule has 26 heavy (non-hydrogen) atoms. The van der Waals surface area contributed by atoms with Gasteiger partial charge in [-0.05, 0) is 63.4 Å². The van der Waals surface area contributed by atoms with Crippen LogP contribution in [-0.2, 0) is 9.53 Å². The Labute approximate surface area is 156 Å². The maximum Gasteiger partial charge on any atom is 0.306 e. The second-order valence-electron chi connectivity index (χ2n) is 10.5. The quantitative estimate of drug-likeness (QED) is 0.286. The van der Waals surface area contributed by atoms with Crippen LogP contribution in [0, 0.1) is 34.3 Å². The van der Waals surface area contributed by atoms with Crippen LogP contribution in [0.2, 0.25) is 0 Å². The van der Waals surface area contributed by atoms with E-state index in [1.54, 1.807) is 0 Å². The maximum absolute atomic E-state index is 14.7. The highest BCUT2D eigenvalue weighted by atomic mass is 16.6. The predicted octanol–water partition coefficient (Wildman–Crippen LogP) is 3.94. The van der Waals surface area contributed by atoms with Gasteiger partial charge in [-0.25, -0.2) is 0 Å². The number of carbonyl (C=O) groups excluding carboxylic acids is 1. The molecule has 6 rings (SSSR count). The van der Waals surface area contributed by atoms with Gasteiger partial charge < -0.3 is 14.6 Å². The molecule has 0 aromatic rings. The van der Waals surface area contributed by atoms with Crippen molar-refractivity contribution in [1.82, 2.24) is 0 Å². The number of fused-ring (bicyclic) bond motifs is 5. The van der Waals surface area contributed by atoms with Crippen molar-refractivity contribution in [3.8, 4) is 0 Å². The lowest BCUT2D eigenvalue weighted by molar-refractivity contribution is -0.936. The summed E-state index contributed by atoms with van der Waals surface area (Å²) in [5.74, 6) is 1.82. The standard InChI is InChI=1S/C22H31NO3/c1-13-12-23(25)19-16-5-3-4-14(16)6-7-17(19)21(2)22(11-9-18(24)26-21)10-8-15(13)20(22)23/h5,13-15,17,19-20H,3-4,6-12H2,1-2H3.